The Balaban J connectivity index is 1.62. The Kier molecular flexibility index (Phi) is 3.63. The van der Waals surface area contributed by atoms with Crippen molar-refractivity contribution in [2.75, 3.05) is 11.9 Å². The number of aromatic nitrogens is 4. The molecule has 23 heavy (non-hydrogen) atoms. The van der Waals surface area contributed by atoms with E-state index >= 15 is 0 Å². The maximum atomic E-state index is 13.0. The van der Waals surface area contributed by atoms with E-state index in [1.54, 1.807) is 18.5 Å². The van der Waals surface area contributed by atoms with E-state index < -0.39 is 0 Å². The van der Waals surface area contributed by atoms with Gasteiger partial charge in [-0.3, -0.25) is 0 Å². The number of nitrogens with zero attached hydrogens (tertiary/aromatic N) is 4. The van der Waals surface area contributed by atoms with Gasteiger partial charge in [0.2, 0.25) is 0 Å². The Bertz CT molecular complexity index is 811. The third-order valence-electron chi connectivity index (χ3n) is 3.93. The van der Waals surface area contributed by atoms with Gasteiger partial charge in [-0.2, -0.15) is 0 Å². The second-order valence-electron chi connectivity index (χ2n) is 5.56. The summed E-state index contributed by atoms with van der Waals surface area (Å²) in [6, 6.07) is 6.12. The highest BCUT2D eigenvalue weighted by Gasteiger charge is 2.18. The lowest BCUT2D eigenvalue weighted by Gasteiger charge is -2.10. The normalized spacial score (nSPS) is 17.7. The van der Waals surface area contributed by atoms with Crippen molar-refractivity contribution in [2.24, 2.45) is 0 Å². The topological polar surface area (TPSA) is 64.9 Å². The zero-order valence-electron chi connectivity index (χ0n) is 12.4. The fraction of sp³-hybridized carbons (Fsp3) is 0.312. The van der Waals surface area contributed by atoms with Crippen LogP contribution in [0, 0.1) is 5.82 Å². The summed E-state index contributed by atoms with van der Waals surface area (Å²) in [5.74, 6) is 0.330. The predicted molar refractivity (Wildman–Crippen MR) is 84.0 cm³/mol. The average Bonchev–Trinajstić information content (AvgIpc) is 3.21. The van der Waals surface area contributed by atoms with Gasteiger partial charge in [-0.25, -0.2) is 19.3 Å². The van der Waals surface area contributed by atoms with E-state index in [1.807, 2.05) is 4.57 Å². The molecule has 3 heterocycles. The van der Waals surface area contributed by atoms with Crippen LogP contribution in [0.3, 0.4) is 0 Å². The van der Waals surface area contributed by atoms with Crippen LogP contribution < -0.4 is 5.32 Å². The summed E-state index contributed by atoms with van der Waals surface area (Å²) in [5.41, 5.74) is 2.20. The Labute approximate surface area is 132 Å². The lowest BCUT2D eigenvalue weighted by Crippen LogP contribution is -2.14. The van der Waals surface area contributed by atoms with Crippen molar-refractivity contribution in [3.63, 3.8) is 0 Å². The van der Waals surface area contributed by atoms with Crippen LogP contribution in [-0.2, 0) is 11.3 Å². The lowest BCUT2D eigenvalue weighted by atomic mass is 10.2. The molecule has 1 unspecified atom stereocenters. The summed E-state index contributed by atoms with van der Waals surface area (Å²) in [7, 11) is 0. The molecule has 0 spiro atoms. The molecule has 1 fully saturated rings. The highest BCUT2D eigenvalue weighted by atomic mass is 19.1. The second-order valence-corrected chi connectivity index (χ2v) is 5.56. The number of rotatable bonds is 4. The quantitative estimate of drug-likeness (QED) is 0.802. The first-order chi connectivity index (χ1) is 11.3. The number of imidazole rings is 1. The molecule has 1 aliphatic rings. The van der Waals surface area contributed by atoms with Crippen LogP contribution in [0.4, 0.5) is 15.9 Å². The zero-order chi connectivity index (χ0) is 15.6. The van der Waals surface area contributed by atoms with Gasteiger partial charge >= 0.3 is 0 Å². The third kappa shape index (κ3) is 2.87. The van der Waals surface area contributed by atoms with Crippen molar-refractivity contribution in [3.05, 3.63) is 42.7 Å². The van der Waals surface area contributed by atoms with E-state index in [0.717, 1.165) is 37.3 Å². The molecule has 1 aromatic carbocycles. The highest BCUT2D eigenvalue weighted by molar-refractivity contribution is 5.85. The maximum Gasteiger partial charge on any atom is 0.165 e. The molecular weight excluding hydrogens is 297 g/mol. The minimum atomic E-state index is -0.274. The van der Waals surface area contributed by atoms with Crippen LogP contribution in [-0.4, -0.2) is 32.2 Å². The third-order valence-corrected chi connectivity index (χ3v) is 3.93. The number of halogens is 1. The molecule has 0 bridgehead atoms. The summed E-state index contributed by atoms with van der Waals surface area (Å²) < 4.78 is 20.7. The zero-order valence-corrected chi connectivity index (χ0v) is 12.4. The van der Waals surface area contributed by atoms with Crippen LogP contribution in [0.5, 0.6) is 0 Å². The van der Waals surface area contributed by atoms with E-state index in [9.17, 15) is 4.39 Å². The molecule has 1 aliphatic heterocycles. The Morgan fingerprint density at radius 1 is 1.22 bits per heavy atom. The molecule has 0 aliphatic carbocycles. The maximum absolute atomic E-state index is 13.0. The van der Waals surface area contributed by atoms with E-state index in [2.05, 4.69) is 20.3 Å². The van der Waals surface area contributed by atoms with Crippen LogP contribution in [0.15, 0.2) is 36.9 Å². The van der Waals surface area contributed by atoms with Gasteiger partial charge in [0.25, 0.3) is 0 Å². The summed E-state index contributed by atoms with van der Waals surface area (Å²) in [5, 5.41) is 3.16. The molecule has 1 N–H and O–H groups in total. The largest absolute Gasteiger partial charge is 0.376 e. The number of ether oxygens (including phenoxy) is 1. The Hall–Kier alpha value is -2.54. The summed E-state index contributed by atoms with van der Waals surface area (Å²) in [6.07, 6.45) is 5.64. The van der Waals surface area contributed by atoms with E-state index in [-0.39, 0.29) is 11.9 Å². The molecule has 3 aromatic rings. The number of hydrogen-bond donors (Lipinski definition) is 1. The van der Waals surface area contributed by atoms with Crippen LogP contribution >= 0.6 is 0 Å². The van der Waals surface area contributed by atoms with Crippen molar-refractivity contribution in [3.8, 4) is 0 Å². The van der Waals surface area contributed by atoms with Crippen molar-refractivity contribution >= 4 is 22.7 Å². The summed E-state index contributed by atoms with van der Waals surface area (Å²) >= 11 is 0. The fourth-order valence-corrected chi connectivity index (χ4v) is 2.78. The molecule has 7 heteroatoms. The number of anilines is 2. The van der Waals surface area contributed by atoms with Crippen LogP contribution in [0.25, 0.3) is 11.2 Å². The van der Waals surface area contributed by atoms with Gasteiger partial charge in [0.1, 0.15) is 12.1 Å². The van der Waals surface area contributed by atoms with Gasteiger partial charge in [0.15, 0.2) is 17.0 Å². The molecule has 6 nitrogen and oxygen atoms in total. The molecule has 1 saturated heterocycles. The van der Waals surface area contributed by atoms with Gasteiger partial charge in [-0.15, -0.1) is 0 Å². The van der Waals surface area contributed by atoms with Crippen LogP contribution in [0.1, 0.15) is 12.8 Å². The smallest absolute Gasteiger partial charge is 0.165 e. The summed E-state index contributed by atoms with van der Waals surface area (Å²) in [6.45, 7) is 1.56. The molecule has 0 amide bonds. The van der Waals surface area contributed by atoms with Gasteiger partial charge in [0, 0.05) is 12.3 Å². The molecule has 118 valence electrons. The van der Waals surface area contributed by atoms with E-state index in [1.165, 1.54) is 18.5 Å². The standard InChI is InChI=1S/C16H16FN5O/c17-11-3-5-12(6-4-11)21-15-14-16(19-9-18-15)22(10-20-14)8-13-2-1-7-23-13/h3-6,9-10,13H,1-2,7-8H2,(H,18,19,21). The molecular formula is C16H16FN5O. The van der Waals surface area contributed by atoms with E-state index in [0.29, 0.717) is 11.3 Å². The second kappa shape index (κ2) is 5.92. The lowest BCUT2D eigenvalue weighted by molar-refractivity contribution is 0.0978. The average molecular weight is 313 g/mol. The van der Waals surface area contributed by atoms with Crippen molar-refractivity contribution in [2.45, 2.75) is 25.5 Å². The predicted octanol–water partition coefficient (Wildman–Crippen LogP) is 2.89. The molecule has 0 radical (unpaired) electrons. The molecule has 2 aromatic heterocycles. The van der Waals surface area contributed by atoms with Crippen molar-refractivity contribution < 1.29 is 9.13 Å². The number of hydrogen-bond acceptors (Lipinski definition) is 5. The first-order valence-electron chi connectivity index (χ1n) is 7.59. The molecule has 1 atom stereocenters. The van der Waals surface area contributed by atoms with Crippen molar-refractivity contribution in [1.82, 2.24) is 19.5 Å². The summed E-state index contributed by atoms with van der Waals surface area (Å²) in [4.78, 5) is 13.0. The fourth-order valence-electron chi connectivity index (χ4n) is 2.78. The molecule has 4 rings (SSSR count). The molecule has 0 saturated carbocycles. The van der Waals surface area contributed by atoms with Gasteiger partial charge in [0.05, 0.1) is 19.0 Å². The number of fused-ring (bicyclic) bond motifs is 1. The monoisotopic (exact) mass is 313 g/mol. The Morgan fingerprint density at radius 2 is 2.09 bits per heavy atom. The van der Waals surface area contributed by atoms with Crippen molar-refractivity contribution in [1.29, 1.82) is 0 Å². The van der Waals surface area contributed by atoms with Gasteiger partial charge in [-0.1, -0.05) is 0 Å². The number of benzene rings is 1. The van der Waals surface area contributed by atoms with Gasteiger partial charge in [-0.05, 0) is 37.1 Å². The Morgan fingerprint density at radius 3 is 2.87 bits per heavy atom. The minimum Gasteiger partial charge on any atom is -0.376 e. The number of nitrogens with one attached hydrogen (secondary N) is 1. The SMILES string of the molecule is Fc1ccc(Nc2ncnc3c2ncn3CC2CCCO2)cc1. The van der Waals surface area contributed by atoms with Crippen LogP contribution in [0.2, 0.25) is 0 Å². The first kappa shape index (κ1) is 14.1. The first-order valence-corrected chi connectivity index (χ1v) is 7.59. The highest BCUT2D eigenvalue weighted by Crippen LogP contribution is 2.23. The van der Waals surface area contributed by atoms with E-state index in [4.69, 9.17) is 4.74 Å². The van der Waals surface area contributed by atoms with Gasteiger partial charge < -0.3 is 14.6 Å². The minimum absolute atomic E-state index is 0.218.